The Morgan fingerprint density at radius 3 is 1.29 bits per heavy atom. The van der Waals surface area contributed by atoms with E-state index in [-0.39, 0.29) is 61.4 Å². The second kappa shape index (κ2) is 19.5. The fourth-order valence-electron chi connectivity index (χ4n) is 5.70. The van der Waals surface area contributed by atoms with Crippen LogP contribution in [0.5, 0.6) is 23.0 Å². The molecule has 0 heterocycles. The molecule has 4 rings (SSSR count). The molecule has 4 unspecified atom stereocenters. The van der Waals surface area contributed by atoms with Gasteiger partial charge in [0.15, 0.2) is 0 Å². The van der Waals surface area contributed by atoms with Crippen LogP contribution in [0.1, 0.15) is 59.4 Å². The molecule has 0 aromatic heterocycles. The Bertz CT molecular complexity index is 1620. The number of phenols is 4. The molecule has 4 aromatic rings. The van der Waals surface area contributed by atoms with Crippen molar-refractivity contribution < 1.29 is 49.0 Å². The molecule has 0 aliphatic carbocycles. The third kappa shape index (κ3) is 12.0. The van der Waals surface area contributed by atoms with Gasteiger partial charge in [0.2, 0.25) is 0 Å². The second-order valence-electron chi connectivity index (χ2n) is 12.8. The number of hydrogen-bond acceptors (Lipinski definition) is 12. The molecule has 0 radical (unpaired) electrons. The summed E-state index contributed by atoms with van der Waals surface area (Å²) < 4.78 is 22.0. The van der Waals surface area contributed by atoms with Crippen molar-refractivity contribution >= 4 is 11.9 Å². The molecule has 0 amide bonds. The van der Waals surface area contributed by atoms with E-state index in [1.54, 1.807) is 48.5 Å². The standard InChI is InChI=1S/C40H48N2O10/c1-25(17-27-5-11-33(43)12-6-27)41-21-37(29-9-15-35(45)31(19-29)23-49-3)51-39(47)40(48)52-38(30-10-16-36(46)32(20-30)24-50-4)22-42-26(2)18-28-7-13-34(44)14-8-28/h5-16,19-20,25-26,37-38,41-46H,17-18,21-24H2,1-4H3. The first-order valence-electron chi connectivity index (χ1n) is 17.0. The molecular formula is C40H48N2O10. The zero-order valence-corrected chi connectivity index (χ0v) is 29.9. The summed E-state index contributed by atoms with van der Waals surface area (Å²) in [5.41, 5.74) is 3.99. The van der Waals surface area contributed by atoms with Crippen LogP contribution in [0.3, 0.4) is 0 Å². The Balaban J connectivity index is 1.51. The number of esters is 2. The average Bonchev–Trinajstić information content (AvgIpc) is 3.12. The SMILES string of the molecule is COCc1cc(C(CNC(C)Cc2ccc(O)cc2)OC(=O)C(=O)OC(CNC(C)Cc2ccc(O)cc2)c2ccc(O)c(COC)c2)ccc1O. The summed E-state index contributed by atoms with van der Waals surface area (Å²) in [6, 6.07) is 23.1. The van der Waals surface area contributed by atoms with E-state index in [4.69, 9.17) is 18.9 Å². The lowest BCUT2D eigenvalue weighted by Gasteiger charge is -2.24. The molecule has 0 saturated heterocycles. The number of rotatable bonds is 18. The maximum absolute atomic E-state index is 13.4. The van der Waals surface area contributed by atoms with Crippen LogP contribution < -0.4 is 10.6 Å². The monoisotopic (exact) mass is 716 g/mol. The van der Waals surface area contributed by atoms with Gasteiger partial charge in [-0.05, 0) is 97.5 Å². The number of benzene rings is 4. The van der Waals surface area contributed by atoms with Crippen molar-refractivity contribution in [3.8, 4) is 23.0 Å². The number of nitrogens with one attached hydrogen (secondary N) is 2. The lowest BCUT2D eigenvalue weighted by molar-refractivity contribution is -0.174. The molecule has 0 spiro atoms. The number of phenolic OH excluding ortho intramolecular Hbond substituents is 4. The zero-order chi connectivity index (χ0) is 37.6. The molecule has 0 aliphatic rings. The maximum Gasteiger partial charge on any atom is 0.418 e. The van der Waals surface area contributed by atoms with Gasteiger partial charge in [0.25, 0.3) is 0 Å². The van der Waals surface area contributed by atoms with Crippen LogP contribution in [0, 0.1) is 0 Å². The van der Waals surface area contributed by atoms with Crippen LogP contribution in [0.2, 0.25) is 0 Å². The van der Waals surface area contributed by atoms with Crippen molar-refractivity contribution in [1.82, 2.24) is 10.6 Å². The Morgan fingerprint density at radius 1 is 0.577 bits per heavy atom. The molecule has 4 atom stereocenters. The smallest absolute Gasteiger partial charge is 0.418 e. The van der Waals surface area contributed by atoms with Gasteiger partial charge in [0, 0.05) is 50.5 Å². The van der Waals surface area contributed by atoms with Crippen molar-refractivity contribution in [2.24, 2.45) is 0 Å². The van der Waals surface area contributed by atoms with Gasteiger partial charge in [-0.3, -0.25) is 0 Å². The van der Waals surface area contributed by atoms with Crippen molar-refractivity contribution in [2.75, 3.05) is 27.3 Å². The number of ether oxygens (including phenoxy) is 4. The van der Waals surface area contributed by atoms with Gasteiger partial charge in [-0.25, -0.2) is 9.59 Å². The van der Waals surface area contributed by atoms with Gasteiger partial charge < -0.3 is 50.0 Å². The van der Waals surface area contributed by atoms with Crippen LogP contribution in [-0.4, -0.2) is 71.8 Å². The Kier molecular flexibility index (Phi) is 14.8. The first kappa shape index (κ1) is 39.6. The van der Waals surface area contributed by atoms with E-state index in [0.717, 1.165) is 11.1 Å². The molecular weight excluding hydrogens is 668 g/mol. The van der Waals surface area contributed by atoms with Crippen LogP contribution in [0.25, 0.3) is 0 Å². The third-order valence-corrected chi connectivity index (χ3v) is 8.48. The molecule has 52 heavy (non-hydrogen) atoms. The lowest BCUT2D eigenvalue weighted by Crippen LogP contribution is -2.36. The second-order valence-corrected chi connectivity index (χ2v) is 12.8. The van der Waals surface area contributed by atoms with Crippen molar-refractivity contribution in [3.05, 3.63) is 118 Å². The minimum Gasteiger partial charge on any atom is -0.508 e. The predicted octanol–water partition coefficient (Wildman–Crippen LogP) is 5.11. The summed E-state index contributed by atoms with van der Waals surface area (Å²) in [5, 5.41) is 46.7. The summed E-state index contributed by atoms with van der Waals surface area (Å²) in [6.07, 6.45) is -0.652. The van der Waals surface area contributed by atoms with Crippen molar-refractivity contribution in [3.63, 3.8) is 0 Å². The fraction of sp³-hybridized carbons (Fsp3) is 0.350. The highest BCUT2D eigenvalue weighted by molar-refractivity contribution is 6.29. The van der Waals surface area contributed by atoms with Crippen LogP contribution >= 0.6 is 0 Å². The molecule has 0 aliphatic heterocycles. The minimum absolute atomic E-state index is 0.0143. The number of methoxy groups -OCH3 is 2. The molecule has 4 aromatic carbocycles. The lowest BCUT2D eigenvalue weighted by atomic mass is 10.0. The first-order chi connectivity index (χ1) is 24.9. The highest BCUT2D eigenvalue weighted by Crippen LogP contribution is 2.28. The van der Waals surface area contributed by atoms with Gasteiger partial charge in [-0.1, -0.05) is 36.4 Å². The Labute approximate surface area is 303 Å². The highest BCUT2D eigenvalue weighted by atomic mass is 16.6. The van der Waals surface area contributed by atoms with Crippen molar-refractivity contribution in [2.45, 2.75) is 64.2 Å². The Morgan fingerprint density at radius 2 is 0.942 bits per heavy atom. The van der Waals surface area contributed by atoms with Crippen molar-refractivity contribution in [1.29, 1.82) is 0 Å². The van der Waals surface area contributed by atoms with E-state index in [9.17, 15) is 30.0 Å². The quantitative estimate of drug-likeness (QED) is 0.0594. The molecule has 0 saturated carbocycles. The predicted molar refractivity (Wildman–Crippen MR) is 194 cm³/mol. The molecule has 0 fully saturated rings. The van der Waals surface area contributed by atoms with E-state index < -0.39 is 24.1 Å². The van der Waals surface area contributed by atoms with E-state index in [0.29, 0.717) is 35.1 Å². The summed E-state index contributed by atoms with van der Waals surface area (Å²) >= 11 is 0. The number of aromatic hydroxyl groups is 4. The van der Waals surface area contributed by atoms with Crippen LogP contribution in [-0.2, 0) is 54.6 Å². The topological polar surface area (TPSA) is 176 Å². The molecule has 0 bridgehead atoms. The first-order valence-corrected chi connectivity index (χ1v) is 17.0. The minimum atomic E-state index is -1.21. The molecule has 12 heteroatoms. The van der Waals surface area contributed by atoms with E-state index in [1.165, 1.54) is 26.4 Å². The van der Waals surface area contributed by atoms with Gasteiger partial charge in [0.05, 0.1) is 13.2 Å². The Hall–Kier alpha value is -5.14. The summed E-state index contributed by atoms with van der Waals surface area (Å²) in [4.78, 5) is 26.9. The van der Waals surface area contributed by atoms with E-state index in [2.05, 4.69) is 10.6 Å². The maximum atomic E-state index is 13.4. The van der Waals surface area contributed by atoms with E-state index in [1.807, 2.05) is 38.1 Å². The normalized spacial score (nSPS) is 13.5. The molecule has 6 N–H and O–H groups in total. The summed E-state index contributed by atoms with van der Waals surface area (Å²) in [7, 11) is 3.00. The van der Waals surface area contributed by atoms with E-state index >= 15 is 0 Å². The van der Waals surface area contributed by atoms with Gasteiger partial charge in [0.1, 0.15) is 35.2 Å². The van der Waals surface area contributed by atoms with Crippen LogP contribution in [0.15, 0.2) is 84.9 Å². The zero-order valence-electron chi connectivity index (χ0n) is 29.9. The summed E-state index contributed by atoms with van der Waals surface area (Å²) in [6.45, 7) is 4.42. The van der Waals surface area contributed by atoms with Gasteiger partial charge >= 0.3 is 11.9 Å². The average molecular weight is 717 g/mol. The highest BCUT2D eigenvalue weighted by Gasteiger charge is 2.29. The summed E-state index contributed by atoms with van der Waals surface area (Å²) in [5.74, 6) is -2.05. The molecule has 278 valence electrons. The van der Waals surface area contributed by atoms with Gasteiger partial charge in [-0.2, -0.15) is 0 Å². The fourth-order valence-corrected chi connectivity index (χ4v) is 5.70. The third-order valence-electron chi connectivity index (χ3n) is 8.48. The largest absolute Gasteiger partial charge is 0.508 e. The number of carbonyl (C=O) groups is 2. The number of hydrogen-bond donors (Lipinski definition) is 6. The number of carbonyl (C=O) groups excluding carboxylic acids is 2. The van der Waals surface area contributed by atoms with Crippen LogP contribution in [0.4, 0.5) is 0 Å². The molecule has 12 nitrogen and oxygen atoms in total. The van der Waals surface area contributed by atoms with Gasteiger partial charge in [-0.15, -0.1) is 0 Å².